The number of ether oxygens (including phenoxy) is 1. The molecule has 208 valence electrons. The van der Waals surface area contributed by atoms with E-state index in [1.807, 2.05) is 18.2 Å². The zero-order valence-corrected chi connectivity index (χ0v) is 21.7. The third-order valence-corrected chi connectivity index (χ3v) is 6.30. The van der Waals surface area contributed by atoms with Gasteiger partial charge in [0.25, 0.3) is 0 Å². The molecule has 2 aromatic heterocycles. The van der Waals surface area contributed by atoms with Gasteiger partial charge in [0, 0.05) is 53.8 Å². The van der Waals surface area contributed by atoms with E-state index in [2.05, 4.69) is 20.6 Å². The summed E-state index contributed by atoms with van der Waals surface area (Å²) in [5.41, 5.74) is 6.56. The number of fused-ring (bicyclic) bond motifs is 3. The third kappa shape index (κ3) is 7.43. The van der Waals surface area contributed by atoms with Crippen LogP contribution in [0.25, 0.3) is 21.7 Å². The number of aromatic nitrogens is 2. The number of alkyl halides is 3. The van der Waals surface area contributed by atoms with Crippen LogP contribution < -0.4 is 16.4 Å². The number of benzene rings is 2. The standard InChI is InChI=1S/C29H29F3N6O2/c30-29(31,32)22-14-19(5-7-33)13-20(15-22)17-35-8-1-2-11-40-12-10-37-28-24-6-9-36-18-25(24)23-4-3-21(27(34)39)16-26(23)38-28/h3-4,6,9,13-16,18,35H,1-2,5,8,10-12,17H2,(H2,34,39)(H,37,38). The molecule has 2 heterocycles. The number of rotatable bonds is 13. The quantitative estimate of drug-likeness (QED) is 0.159. The molecule has 0 spiro atoms. The molecule has 0 aliphatic carbocycles. The molecule has 4 N–H and O–H groups in total. The molecule has 0 unspecified atom stereocenters. The number of hydrogen-bond acceptors (Lipinski definition) is 7. The number of halogens is 3. The van der Waals surface area contributed by atoms with E-state index in [1.54, 1.807) is 30.6 Å². The number of nitrogens with one attached hydrogen (secondary N) is 2. The molecule has 0 fully saturated rings. The summed E-state index contributed by atoms with van der Waals surface area (Å²) in [6, 6.07) is 12.7. The SMILES string of the molecule is N#CCc1cc(CNCCCCOCCNc2nc3cc(C(N)=O)ccc3c3cnccc23)cc(C(F)(F)F)c1. The Hall–Kier alpha value is -4.27. The van der Waals surface area contributed by atoms with Gasteiger partial charge in [-0.3, -0.25) is 9.78 Å². The molecule has 4 rings (SSSR count). The van der Waals surface area contributed by atoms with Gasteiger partial charge in [0.1, 0.15) is 5.82 Å². The molecule has 4 aromatic rings. The number of unbranched alkanes of at least 4 members (excludes halogenated alkanes) is 1. The molecule has 0 bridgehead atoms. The lowest BCUT2D eigenvalue weighted by atomic mass is 10.0. The number of nitrogens with zero attached hydrogens (tertiary/aromatic N) is 3. The maximum absolute atomic E-state index is 13.1. The van der Waals surface area contributed by atoms with Crippen LogP contribution in [0, 0.1) is 11.3 Å². The monoisotopic (exact) mass is 550 g/mol. The number of primary amides is 1. The van der Waals surface area contributed by atoms with Crippen molar-refractivity contribution in [1.82, 2.24) is 15.3 Å². The highest BCUT2D eigenvalue weighted by Crippen LogP contribution is 2.31. The van der Waals surface area contributed by atoms with Crippen LogP contribution in [-0.2, 0) is 23.9 Å². The van der Waals surface area contributed by atoms with Crippen molar-refractivity contribution < 1.29 is 22.7 Å². The summed E-state index contributed by atoms with van der Waals surface area (Å²) >= 11 is 0. The predicted octanol–water partition coefficient (Wildman–Crippen LogP) is 4.97. The minimum absolute atomic E-state index is 0.0658. The molecular formula is C29H29F3N6O2. The number of nitrogens with two attached hydrogens (primary N) is 1. The molecule has 0 atom stereocenters. The van der Waals surface area contributed by atoms with Crippen LogP contribution in [0.2, 0.25) is 0 Å². The highest BCUT2D eigenvalue weighted by atomic mass is 19.4. The summed E-state index contributed by atoms with van der Waals surface area (Å²) in [5, 5.41) is 18.0. The normalized spacial score (nSPS) is 11.6. The van der Waals surface area contributed by atoms with Gasteiger partial charge in [-0.15, -0.1) is 0 Å². The molecule has 0 aliphatic rings. The summed E-state index contributed by atoms with van der Waals surface area (Å²) in [6.07, 6.45) is 0.523. The van der Waals surface area contributed by atoms with E-state index in [1.165, 1.54) is 0 Å². The topological polar surface area (TPSA) is 126 Å². The van der Waals surface area contributed by atoms with Gasteiger partial charge >= 0.3 is 6.18 Å². The summed E-state index contributed by atoms with van der Waals surface area (Å²) in [7, 11) is 0. The van der Waals surface area contributed by atoms with Crippen molar-refractivity contribution in [2.45, 2.75) is 32.0 Å². The molecule has 11 heteroatoms. The highest BCUT2D eigenvalue weighted by Gasteiger charge is 2.31. The maximum Gasteiger partial charge on any atom is 0.416 e. The molecule has 8 nitrogen and oxygen atoms in total. The zero-order chi connectivity index (χ0) is 28.5. The molecular weight excluding hydrogens is 521 g/mol. The Morgan fingerprint density at radius 1 is 1.00 bits per heavy atom. The van der Waals surface area contributed by atoms with Crippen LogP contribution in [0.3, 0.4) is 0 Å². The fourth-order valence-electron chi connectivity index (χ4n) is 4.39. The van der Waals surface area contributed by atoms with Crippen LogP contribution >= 0.6 is 0 Å². The van der Waals surface area contributed by atoms with Gasteiger partial charge in [-0.25, -0.2) is 4.98 Å². The number of carbonyl (C=O) groups is 1. The Morgan fingerprint density at radius 2 is 1.82 bits per heavy atom. The van der Waals surface area contributed by atoms with Gasteiger partial charge in [-0.1, -0.05) is 12.1 Å². The average molecular weight is 551 g/mol. The van der Waals surface area contributed by atoms with Crippen LogP contribution in [0.15, 0.2) is 54.9 Å². The first kappa shape index (κ1) is 28.7. The van der Waals surface area contributed by atoms with E-state index in [0.29, 0.717) is 54.3 Å². The Morgan fingerprint density at radius 3 is 2.60 bits per heavy atom. The Bertz CT molecular complexity index is 1530. The highest BCUT2D eigenvalue weighted by molar-refractivity contribution is 6.11. The van der Waals surface area contributed by atoms with E-state index in [4.69, 9.17) is 15.7 Å². The van der Waals surface area contributed by atoms with Crippen molar-refractivity contribution >= 4 is 33.4 Å². The van der Waals surface area contributed by atoms with E-state index in [0.717, 1.165) is 41.1 Å². The van der Waals surface area contributed by atoms with Crippen molar-refractivity contribution in [3.8, 4) is 6.07 Å². The van der Waals surface area contributed by atoms with Crippen molar-refractivity contribution in [3.05, 3.63) is 77.1 Å². The second-order valence-corrected chi connectivity index (χ2v) is 9.27. The van der Waals surface area contributed by atoms with Crippen LogP contribution in [0.4, 0.5) is 19.0 Å². The van der Waals surface area contributed by atoms with Gasteiger partial charge in [0.05, 0.1) is 30.2 Å². The van der Waals surface area contributed by atoms with Gasteiger partial charge in [-0.05, 0) is 60.8 Å². The molecule has 0 radical (unpaired) electrons. The number of amides is 1. The van der Waals surface area contributed by atoms with Gasteiger partial charge in [-0.2, -0.15) is 18.4 Å². The Labute approximate surface area is 229 Å². The number of hydrogen-bond donors (Lipinski definition) is 3. The largest absolute Gasteiger partial charge is 0.416 e. The Kier molecular flexibility index (Phi) is 9.47. The van der Waals surface area contributed by atoms with Crippen molar-refractivity contribution in [3.63, 3.8) is 0 Å². The van der Waals surface area contributed by atoms with E-state index in [9.17, 15) is 18.0 Å². The molecule has 40 heavy (non-hydrogen) atoms. The lowest BCUT2D eigenvalue weighted by Crippen LogP contribution is -2.17. The maximum atomic E-state index is 13.1. The second-order valence-electron chi connectivity index (χ2n) is 9.27. The van der Waals surface area contributed by atoms with Gasteiger partial charge in [0.15, 0.2) is 0 Å². The molecule has 1 amide bonds. The fourth-order valence-corrected chi connectivity index (χ4v) is 4.39. The van der Waals surface area contributed by atoms with E-state index >= 15 is 0 Å². The smallest absolute Gasteiger partial charge is 0.380 e. The Balaban J connectivity index is 1.20. The van der Waals surface area contributed by atoms with Crippen molar-refractivity contribution in [2.24, 2.45) is 5.73 Å². The zero-order valence-electron chi connectivity index (χ0n) is 21.7. The van der Waals surface area contributed by atoms with Crippen LogP contribution in [-0.4, -0.2) is 42.2 Å². The summed E-state index contributed by atoms with van der Waals surface area (Å²) in [4.78, 5) is 20.5. The number of carbonyl (C=O) groups excluding carboxylic acids is 1. The first-order valence-corrected chi connectivity index (χ1v) is 12.8. The molecule has 0 saturated carbocycles. The summed E-state index contributed by atoms with van der Waals surface area (Å²) in [6.45, 7) is 2.42. The van der Waals surface area contributed by atoms with Crippen molar-refractivity contribution in [2.75, 3.05) is 31.6 Å². The van der Waals surface area contributed by atoms with Crippen molar-refractivity contribution in [1.29, 1.82) is 5.26 Å². The summed E-state index contributed by atoms with van der Waals surface area (Å²) < 4.78 is 45.1. The van der Waals surface area contributed by atoms with Crippen LogP contribution in [0.1, 0.15) is 39.9 Å². The second kappa shape index (κ2) is 13.2. The van der Waals surface area contributed by atoms with Gasteiger partial charge in [0.2, 0.25) is 5.91 Å². The lowest BCUT2D eigenvalue weighted by molar-refractivity contribution is -0.137. The molecule has 0 saturated heterocycles. The minimum Gasteiger partial charge on any atom is -0.380 e. The summed E-state index contributed by atoms with van der Waals surface area (Å²) in [5.74, 6) is 0.139. The molecule has 2 aromatic carbocycles. The minimum atomic E-state index is -4.45. The predicted molar refractivity (Wildman–Crippen MR) is 147 cm³/mol. The molecule has 0 aliphatic heterocycles. The van der Waals surface area contributed by atoms with Gasteiger partial charge < -0.3 is 21.1 Å². The number of anilines is 1. The van der Waals surface area contributed by atoms with Crippen LogP contribution in [0.5, 0.6) is 0 Å². The number of nitriles is 1. The lowest BCUT2D eigenvalue weighted by Gasteiger charge is -2.12. The third-order valence-electron chi connectivity index (χ3n) is 6.30. The first-order valence-electron chi connectivity index (χ1n) is 12.8. The first-order chi connectivity index (χ1) is 19.3. The number of pyridine rings is 2. The average Bonchev–Trinajstić information content (AvgIpc) is 2.93. The van der Waals surface area contributed by atoms with E-state index in [-0.39, 0.29) is 13.0 Å². The van der Waals surface area contributed by atoms with E-state index < -0.39 is 17.6 Å². The fraction of sp³-hybridized carbons (Fsp3) is 0.310.